The van der Waals surface area contributed by atoms with E-state index in [1.54, 1.807) is 0 Å². The third-order valence-electron chi connectivity index (χ3n) is 5.14. The number of nitrogens with one attached hydrogen (secondary N) is 2. The van der Waals surface area contributed by atoms with Crippen LogP contribution in [0.1, 0.15) is 56.6 Å². The van der Waals surface area contributed by atoms with Crippen LogP contribution in [0.15, 0.2) is 11.1 Å². The molecule has 2 fully saturated rings. The molecule has 1 atom stereocenters. The number of aromatic nitrogens is 2. The number of anilines is 1. The molecule has 0 aromatic carbocycles. The van der Waals surface area contributed by atoms with E-state index in [1.165, 1.54) is 44.6 Å². The molecule has 7 heteroatoms. The van der Waals surface area contributed by atoms with Crippen LogP contribution in [0.4, 0.5) is 5.95 Å². The van der Waals surface area contributed by atoms with Crippen molar-refractivity contribution in [3.05, 3.63) is 11.9 Å². The highest BCUT2D eigenvalue weighted by Gasteiger charge is 2.25. The molecule has 1 aromatic heterocycles. The molecule has 1 aliphatic heterocycles. The van der Waals surface area contributed by atoms with Gasteiger partial charge in [-0.15, -0.1) is 0 Å². The van der Waals surface area contributed by atoms with Crippen LogP contribution in [0.25, 0.3) is 0 Å². The SMILES string of the molecule is CS(=O)(=O)c1cnc(NCC2CCCCC2)nc1C1CCCNC1. The summed E-state index contributed by atoms with van der Waals surface area (Å²) in [5, 5.41) is 6.67. The summed E-state index contributed by atoms with van der Waals surface area (Å²) >= 11 is 0. The molecular weight excluding hydrogens is 324 g/mol. The highest BCUT2D eigenvalue weighted by atomic mass is 32.2. The molecule has 1 aromatic rings. The second-order valence-corrected chi connectivity index (χ2v) is 9.13. The first-order valence-electron chi connectivity index (χ1n) is 9.05. The number of hydrogen-bond acceptors (Lipinski definition) is 6. The van der Waals surface area contributed by atoms with E-state index in [1.807, 2.05) is 0 Å². The highest BCUT2D eigenvalue weighted by molar-refractivity contribution is 7.90. The Morgan fingerprint density at radius 2 is 2.00 bits per heavy atom. The molecule has 1 aliphatic carbocycles. The lowest BCUT2D eigenvalue weighted by Gasteiger charge is -2.25. The molecule has 0 bridgehead atoms. The van der Waals surface area contributed by atoms with Crippen molar-refractivity contribution in [3.8, 4) is 0 Å². The smallest absolute Gasteiger partial charge is 0.222 e. The zero-order chi connectivity index (χ0) is 17.0. The Labute approximate surface area is 144 Å². The number of rotatable bonds is 5. The van der Waals surface area contributed by atoms with E-state index < -0.39 is 9.84 Å². The summed E-state index contributed by atoms with van der Waals surface area (Å²) in [5.74, 6) is 1.38. The van der Waals surface area contributed by atoms with Crippen molar-refractivity contribution in [3.63, 3.8) is 0 Å². The number of nitrogens with zero attached hydrogens (tertiary/aromatic N) is 2. The van der Waals surface area contributed by atoms with Gasteiger partial charge in [0, 0.05) is 25.3 Å². The molecule has 0 radical (unpaired) electrons. The van der Waals surface area contributed by atoms with Crippen molar-refractivity contribution in [2.45, 2.75) is 55.8 Å². The molecule has 0 amide bonds. The molecule has 24 heavy (non-hydrogen) atoms. The Hall–Kier alpha value is -1.21. The van der Waals surface area contributed by atoms with Gasteiger partial charge in [-0.05, 0) is 38.1 Å². The van der Waals surface area contributed by atoms with Crippen LogP contribution < -0.4 is 10.6 Å². The van der Waals surface area contributed by atoms with E-state index in [-0.39, 0.29) is 10.8 Å². The average Bonchev–Trinajstić information content (AvgIpc) is 2.60. The van der Waals surface area contributed by atoms with E-state index in [0.717, 1.165) is 32.5 Å². The van der Waals surface area contributed by atoms with E-state index in [9.17, 15) is 8.42 Å². The summed E-state index contributed by atoms with van der Waals surface area (Å²) in [4.78, 5) is 9.15. The van der Waals surface area contributed by atoms with Crippen LogP contribution in [0.5, 0.6) is 0 Å². The fraction of sp³-hybridized carbons (Fsp3) is 0.765. The average molecular weight is 353 g/mol. The molecule has 0 spiro atoms. The van der Waals surface area contributed by atoms with Crippen molar-refractivity contribution in [2.24, 2.45) is 5.92 Å². The standard InChI is InChI=1S/C17H28N4O2S/c1-24(22,23)15-12-20-17(19-10-13-6-3-2-4-7-13)21-16(15)14-8-5-9-18-11-14/h12-14,18H,2-11H2,1H3,(H,19,20,21). The number of sulfone groups is 1. The summed E-state index contributed by atoms with van der Waals surface area (Å²) in [6.07, 6.45) is 11.2. The van der Waals surface area contributed by atoms with Gasteiger partial charge in [0.1, 0.15) is 4.90 Å². The molecule has 6 nitrogen and oxygen atoms in total. The molecular formula is C17H28N4O2S. The summed E-state index contributed by atoms with van der Waals surface area (Å²) in [5.41, 5.74) is 0.672. The third-order valence-corrected chi connectivity index (χ3v) is 6.25. The molecule has 2 heterocycles. The first kappa shape index (κ1) is 17.6. The van der Waals surface area contributed by atoms with Gasteiger partial charge < -0.3 is 10.6 Å². The van der Waals surface area contributed by atoms with Gasteiger partial charge in [0.25, 0.3) is 0 Å². The first-order valence-corrected chi connectivity index (χ1v) is 10.9. The normalized spacial score (nSPS) is 23.1. The van der Waals surface area contributed by atoms with Crippen molar-refractivity contribution in [1.29, 1.82) is 0 Å². The number of hydrogen-bond donors (Lipinski definition) is 2. The Morgan fingerprint density at radius 3 is 2.67 bits per heavy atom. The molecule has 134 valence electrons. The second kappa shape index (κ2) is 7.78. The van der Waals surface area contributed by atoms with Gasteiger partial charge in [-0.1, -0.05) is 19.3 Å². The maximum Gasteiger partial charge on any atom is 0.222 e. The third kappa shape index (κ3) is 4.45. The lowest BCUT2D eigenvalue weighted by atomic mass is 9.89. The number of piperidine rings is 1. The molecule has 2 N–H and O–H groups in total. The van der Waals surface area contributed by atoms with Crippen LogP contribution in [0.3, 0.4) is 0 Å². The molecule has 2 aliphatic rings. The minimum Gasteiger partial charge on any atom is -0.354 e. The fourth-order valence-corrected chi connectivity index (χ4v) is 4.60. The van der Waals surface area contributed by atoms with Crippen LogP contribution in [0, 0.1) is 5.92 Å². The zero-order valence-electron chi connectivity index (χ0n) is 14.4. The minimum absolute atomic E-state index is 0.140. The summed E-state index contributed by atoms with van der Waals surface area (Å²) in [6.45, 7) is 2.64. The van der Waals surface area contributed by atoms with E-state index in [4.69, 9.17) is 0 Å². The van der Waals surface area contributed by atoms with Gasteiger partial charge in [0.2, 0.25) is 5.95 Å². The van der Waals surface area contributed by atoms with E-state index >= 15 is 0 Å². The van der Waals surface area contributed by atoms with Crippen molar-refractivity contribution in [2.75, 3.05) is 31.2 Å². The second-order valence-electron chi connectivity index (χ2n) is 7.14. The predicted molar refractivity (Wildman–Crippen MR) is 95.1 cm³/mol. The maximum atomic E-state index is 12.1. The van der Waals surface area contributed by atoms with Gasteiger partial charge in [0.15, 0.2) is 9.84 Å². The summed E-state index contributed by atoms with van der Waals surface area (Å²) in [7, 11) is -3.32. The lowest BCUT2D eigenvalue weighted by Crippen LogP contribution is -2.30. The Morgan fingerprint density at radius 1 is 1.21 bits per heavy atom. The molecule has 1 unspecified atom stereocenters. The van der Waals surface area contributed by atoms with E-state index in [2.05, 4.69) is 20.6 Å². The Bertz CT molecular complexity index is 651. The van der Waals surface area contributed by atoms with Gasteiger partial charge in [-0.3, -0.25) is 0 Å². The van der Waals surface area contributed by atoms with Crippen LogP contribution in [-0.4, -0.2) is 44.3 Å². The summed E-state index contributed by atoms with van der Waals surface area (Å²) < 4.78 is 24.2. The Kier molecular flexibility index (Phi) is 5.71. The fourth-order valence-electron chi connectivity index (χ4n) is 3.76. The highest BCUT2D eigenvalue weighted by Crippen LogP contribution is 2.28. The summed E-state index contributed by atoms with van der Waals surface area (Å²) in [6, 6.07) is 0. The Balaban J connectivity index is 1.77. The monoisotopic (exact) mass is 352 g/mol. The molecule has 1 saturated carbocycles. The van der Waals surface area contributed by atoms with Crippen LogP contribution >= 0.6 is 0 Å². The van der Waals surface area contributed by atoms with E-state index in [0.29, 0.717) is 17.6 Å². The zero-order valence-corrected chi connectivity index (χ0v) is 15.2. The van der Waals surface area contributed by atoms with Crippen molar-refractivity contribution < 1.29 is 8.42 Å². The first-order chi connectivity index (χ1) is 11.5. The largest absolute Gasteiger partial charge is 0.354 e. The minimum atomic E-state index is -3.32. The van der Waals surface area contributed by atoms with Gasteiger partial charge in [0.05, 0.1) is 11.9 Å². The van der Waals surface area contributed by atoms with Crippen LogP contribution in [0.2, 0.25) is 0 Å². The topological polar surface area (TPSA) is 84.0 Å². The maximum absolute atomic E-state index is 12.1. The predicted octanol–water partition coefficient (Wildman–Crippen LogP) is 2.34. The van der Waals surface area contributed by atoms with Crippen molar-refractivity contribution >= 4 is 15.8 Å². The van der Waals surface area contributed by atoms with Gasteiger partial charge >= 0.3 is 0 Å². The molecule has 1 saturated heterocycles. The lowest BCUT2D eigenvalue weighted by molar-refractivity contribution is 0.373. The van der Waals surface area contributed by atoms with Crippen molar-refractivity contribution in [1.82, 2.24) is 15.3 Å². The van der Waals surface area contributed by atoms with Gasteiger partial charge in [-0.2, -0.15) is 0 Å². The quantitative estimate of drug-likeness (QED) is 0.846. The van der Waals surface area contributed by atoms with Crippen LogP contribution in [-0.2, 0) is 9.84 Å². The molecule has 3 rings (SSSR count). The van der Waals surface area contributed by atoms with Gasteiger partial charge in [-0.25, -0.2) is 18.4 Å².